The number of nitrogens with zero attached hydrogens (tertiary/aromatic N) is 2. The molecule has 0 radical (unpaired) electrons. The Kier molecular flexibility index (Phi) is 3.28. The van der Waals surface area contributed by atoms with Crippen LogP contribution in [-0.4, -0.2) is 15.5 Å². The molecule has 0 aliphatic rings. The zero-order chi connectivity index (χ0) is 12.4. The van der Waals surface area contributed by atoms with E-state index >= 15 is 0 Å². The fourth-order valence-corrected chi connectivity index (χ4v) is 2.09. The summed E-state index contributed by atoms with van der Waals surface area (Å²) in [7, 11) is 1.83. The zero-order valence-corrected chi connectivity index (χ0v) is 11.2. The highest BCUT2D eigenvalue weighted by Crippen LogP contribution is 2.15. The first-order chi connectivity index (χ1) is 8.06. The number of anilines is 1. The number of carbonyl (C=O) groups excluding carboxylic acids is 1. The first-order valence-corrected chi connectivity index (χ1v) is 5.90. The topological polar surface area (TPSA) is 46.9 Å². The molecular formula is C12H12BrN3O. The van der Waals surface area contributed by atoms with Crippen LogP contribution in [0.1, 0.15) is 16.1 Å². The van der Waals surface area contributed by atoms with E-state index in [-0.39, 0.29) is 5.91 Å². The summed E-state index contributed by atoms with van der Waals surface area (Å²) in [6.45, 7) is 1.93. The smallest absolute Gasteiger partial charge is 0.272 e. The molecule has 0 aliphatic heterocycles. The van der Waals surface area contributed by atoms with E-state index in [2.05, 4.69) is 26.2 Å². The van der Waals surface area contributed by atoms with Gasteiger partial charge in [0.05, 0.1) is 11.9 Å². The average molecular weight is 294 g/mol. The van der Waals surface area contributed by atoms with Gasteiger partial charge in [0.15, 0.2) is 0 Å². The van der Waals surface area contributed by atoms with E-state index in [0.717, 1.165) is 10.0 Å². The Morgan fingerprint density at radius 3 is 2.76 bits per heavy atom. The van der Waals surface area contributed by atoms with Crippen LogP contribution in [0, 0.1) is 6.92 Å². The van der Waals surface area contributed by atoms with Crippen molar-refractivity contribution >= 4 is 27.5 Å². The van der Waals surface area contributed by atoms with Gasteiger partial charge in [0.2, 0.25) is 0 Å². The van der Waals surface area contributed by atoms with Crippen LogP contribution in [0.15, 0.2) is 35.2 Å². The van der Waals surface area contributed by atoms with Crippen LogP contribution in [0.2, 0.25) is 0 Å². The lowest BCUT2D eigenvalue weighted by molar-refractivity contribution is 0.101. The molecule has 2 aromatic heterocycles. The van der Waals surface area contributed by atoms with Gasteiger partial charge in [-0.15, -0.1) is 0 Å². The van der Waals surface area contributed by atoms with Crippen molar-refractivity contribution in [1.29, 1.82) is 0 Å². The third-order valence-corrected chi connectivity index (χ3v) is 2.77. The van der Waals surface area contributed by atoms with Crippen LogP contribution >= 0.6 is 15.9 Å². The second-order valence-electron chi connectivity index (χ2n) is 3.86. The average Bonchev–Trinajstić information content (AvgIpc) is 2.58. The van der Waals surface area contributed by atoms with E-state index in [1.807, 2.05) is 26.2 Å². The molecule has 17 heavy (non-hydrogen) atoms. The lowest BCUT2D eigenvalue weighted by atomic mass is 10.3. The number of aromatic nitrogens is 2. The fraction of sp³-hybridized carbons (Fsp3) is 0.167. The number of nitrogens with one attached hydrogen (secondary N) is 1. The van der Waals surface area contributed by atoms with Gasteiger partial charge in [-0.3, -0.25) is 9.78 Å². The standard InChI is InChI=1S/C12H12BrN3O/c1-8-3-10(6-14-5-8)15-12(17)11-4-9(13)7-16(11)2/h3-7H,1-2H3,(H,15,17). The second kappa shape index (κ2) is 4.71. The lowest BCUT2D eigenvalue weighted by Gasteiger charge is -2.05. The Bertz CT molecular complexity index is 563. The summed E-state index contributed by atoms with van der Waals surface area (Å²) in [6, 6.07) is 3.65. The van der Waals surface area contributed by atoms with E-state index in [1.165, 1.54) is 0 Å². The minimum absolute atomic E-state index is 0.148. The molecule has 1 amide bonds. The Balaban J connectivity index is 2.20. The van der Waals surface area contributed by atoms with Gasteiger partial charge in [0, 0.05) is 23.9 Å². The lowest BCUT2D eigenvalue weighted by Crippen LogP contribution is -2.15. The highest BCUT2D eigenvalue weighted by molar-refractivity contribution is 9.10. The predicted molar refractivity (Wildman–Crippen MR) is 70.0 cm³/mol. The number of carbonyl (C=O) groups is 1. The van der Waals surface area contributed by atoms with Gasteiger partial charge in [-0.25, -0.2) is 0 Å². The van der Waals surface area contributed by atoms with Crippen molar-refractivity contribution in [1.82, 2.24) is 9.55 Å². The molecule has 0 aliphatic carbocycles. The molecule has 2 rings (SSSR count). The molecule has 0 saturated heterocycles. The monoisotopic (exact) mass is 293 g/mol. The van der Waals surface area contributed by atoms with Gasteiger partial charge in [-0.05, 0) is 40.5 Å². The number of hydrogen-bond donors (Lipinski definition) is 1. The number of rotatable bonds is 2. The Hall–Kier alpha value is -1.62. The molecule has 0 aromatic carbocycles. The summed E-state index contributed by atoms with van der Waals surface area (Å²) in [5.74, 6) is -0.148. The van der Waals surface area contributed by atoms with Gasteiger partial charge in [0.25, 0.3) is 5.91 Å². The predicted octanol–water partition coefficient (Wildman–Crippen LogP) is 2.74. The summed E-state index contributed by atoms with van der Waals surface area (Å²) in [6.07, 6.45) is 5.21. The van der Waals surface area contributed by atoms with Gasteiger partial charge >= 0.3 is 0 Å². The first kappa shape index (κ1) is 11.9. The maximum atomic E-state index is 12.0. The summed E-state index contributed by atoms with van der Waals surface area (Å²) in [5, 5.41) is 2.81. The Morgan fingerprint density at radius 2 is 2.18 bits per heavy atom. The van der Waals surface area contributed by atoms with Crippen LogP contribution in [0.25, 0.3) is 0 Å². The van der Waals surface area contributed by atoms with Crippen molar-refractivity contribution in [2.45, 2.75) is 6.92 Å². The molecule has 0 fully saturated rings. The van der Waals surface area contributed by atoms with Crippen LogP contribution in [0.4, 0.5) is 5.69 Å². The van der Waals surface area contributed by atoms with Gasteiger partial charge in [-0.2, -0.15) is 0 Å². The molecule has 0 atom stereocenters. The third-order valence-electron chi connectivity index (χ3n) is 2.34. The van der Waals surface area contributed by atoms with Gasteiger partial charge in [0.1, 0.15) is 5.69 Å². The molecule has 0 spiro atoms. The molecule has 0 bridgehead atoms. The van der Waals surface area contributed by atoms with Crippen LogP contribution < -0.4 is 5.32 Å². The van der Waals surface area contributed by atoms with Gasteiger partial charge in [-0.1, -0.05) is 0 Å². The van der Waals surface area contributed by atoms with Crippen molar-refractivity contribution < 1.29 is 4.79 Å². The minimum Gasteiger partial charge on any atom is -0.345 e. The molecular weight excluding hydrogens is 282 g/mol. The van der Waals surface area contributed by atoms with Crippen molar-refractivity contribution in [3.05, 3.63) is 46.5 Å². The van der Waals surface area contributed by atoms with E-state index in [1.54, 1.807) is 23.0 Å². The molecule has 1 N–H and O–H groups in total. The molecule has 0 unspecified atom stereocenters. The Morgan fingerprint density at radius 1 is 1.41 bits per heavy atom. The van der Waals surface area contributed by atoms with Crippen molar-refractivity contribution in [3.8, 4) is 0 Å². The van der Waals surface area contributed by atoms with Crippen LogP contribution in [-0.2, 0) is 7.05 Å². The summed E-state index contributed by atoms with van der Waals surface area (Å²) in [4.78, 5) is 16.0. The minimum atomic E-state index is -0.148. The van der Waals surface area contributed by atoms with Crippen molar-refractivity contribution in [2.24, 2.45) is 7.05 Å². The second-order valence-corrected chi connectivity index (χ2v) is 4.78. The summed E-state index contributed by atoms with van der Waals surface area (Å²) in [5.41, 5.74) is 2.31. The first-order valence-electron chi connectivity index (χ1n) is 5.11. The molecule has 88 valence electrons. The number of pyridine rings is 1. The third kappa shape index (κ3) is 2.74. The highest BCUT2D eigenvalue weighted by Gasteiger charge is 2.11. The van der Waals surface area contributed by atoms with E-state index < -0.39 is 0 Å². The zero-order valence-electron chi connectivity index (χ0n) is 9.57. The maximum absolute atomic E-state index is 12.0. The number of halogens is 1. The van der Waals surface area contributed by atoms with Crippen molar-refractivity contribution in [3.63, 3.8) is 0 Å². The SMILES string of the molecule is Cc1cncc(NC(=O)c2cc(Br)cn2C)c1. The van der Waals surface area contributed by atoms with Crippen LogP contribution in [0.5, 0.6) is 0 Å². The van der Waals surface area contributed by atoms with Crippen LogP contribution in [0.3, 0.4) is 0 Å². The highest BCUT2D eigenvalue weighted by atomic mass is 79.9. The molecule has 2 heterocycles. The van der Waals surface area contributed by atoms with E-state index in [9.17, 15) is 4.79 Å². The normalized spacial score (nSPS) is 10.3. The molecule has 2 aromatic rings. The molecule has 0 saturated carbocycles. The van der Waals surface area contributed by atoms with Crippen molar-refractivity contribution in [2.75, 3.05) is 5.32 Å². The summed E-state index contributed by atoms with van der Waals surface area (Å²) >= 11 is 3.34. The molecule has 4 nitrogen and oxygen atoms in total. The van der Waals surface area contributed by atoms with E-state index in [4.69, 9.17) is 0 Å². The number of aryl methyl sites for hydroxylation is 2. The number of amides is 1. The number of hydrogen-bond acceptors (Lipinski definition) is 2. The Labute approximate surface area is 108 Å². The molecule has 5 heteroatoms. The maximum Gasteiger partial charge on any atom is 0.272 e. The summed E-state index contributed by atoms with van der Waals surface area (Å²) < 4.78 is 2.65. The van der Waals surface area contributed by atoms with Gasteiger partial charge < -0.3 is 9.88 Å². The fourth-order valence-electron chi connectivity index (χ4n) is 1.57. The quantitative estimate of drug-likeness (QED) is 0.925. The van der Waals surface area contributed by atoms with E-state index in [0.29, 0.717) is 11.4 Å². The largest absolute Gasteiger partial charge is 0.345 e.